The van der Waals surface area contributed by atoms with Crippen molar-refractivity contribution in [2.24, 2.45) is 5.92 Å². The summed E-state index contributed by atoms with van der Waals surface area (Å²) in [5.41, 5.74) is 2.07. The third-order valence-electron chi connectivity index (χ3n) is 3.20. The van der Waals surface area contributed by atoms with E-state index in [1.165, 1.54) is 19.3 Å². The molecule has 0 saturated heterocycles. The van der Waals surface area contributed by atoms with Crippen molar-refractivity contribution >= 4 is 5.95 Å². The summed E-state index contributed by atoms with van der Waals surface area (Å²) in [5.74, 6) is 1.60. The summed E-state index contributed by atoms with van der Waals surface area (Å²) in [4.78, 5) is 8.79. The first-order valence-corrected chi connectivity index (χ1v) is 5.74. The van der Waals surface area contributed by atoms with E-state index in [2.05, 4.69) is 22.2 Å². The standard InChI is InChI=1S/C12H19N3/c1-8-7-9(2)14-12(13-8)15-10(3)11-5-4-6-11/h7,10-11H,4-6H2,1-3H3,(H,13,14,15). The first kappa shape index (κ1) is 10.4. The molecule has 1 heterocycles. The molecule has 1 saturated carbocycles. The Bertz CT molecular complexity index is 324. The van der Waals surface area contributed by atoms with Crippen LogP contribution in [-0.2, 0) is 0 Å². The fourth-order valence-electron chi connectivity index (χ4n) is 2.05. The third-order valence-corrected chi connectivity index (χ3v) is 3.20. The van der Waals surface area contributed by atoms with Gasteiger partial charge in [0, 0.05) is 17.4 Å². The average molecular weight is 205 g/mol. The molecule has 1 fully saturated rings. The van der Waals surface area contributed by atoms with Crippen molar-refractivity contribution in [3.05, 3.63) is 17.5 Å². The molecule has 1 N–H and O–H groups in total. The van der Waals surface area contributed by atoms with Crippen LogP contribution in [0.25, 0.3) is 0 Å². The van der Waals surface area contributed by atoms with Gasteiger partial charge in [0.15, 0.2) is 0 Å². The van der Waals surface area contributed by atoms with Crippen molar-refractivity contribution in [2.45, 2.75) is 46.1 Å². The van der Waals surface area contributed by atoms with Gasteiger partial charge in [-0.2, -0.15) is 0 Å². The summed E-state index contributed by atoms with van der Waals surface area (Å²) in [6.07, 6.45) is 4.07. The van der Waals surface area contributed by atoms with Crippen molar-refractivity contribution in [2.75, 3.05) is 5.32 Å². The molecule has 1 unspecified atom stereocenters. The van der Waals surface area contributed by atoms with E-state index >= 15 is 0 Å². The number of hydrogen-bond donors (Lipinski definition) is 1. The maximum absolute atomic E-state index is 4.39. The molecule has 15 heavy (non-hydrogen) atoms. The van der Waals surface area contributed by atoms with Gasteiger partial charge >= 0.3 is 0 Å². The summed E-state index contributed by atoms with van der Waals surface area (Å²) in [5, 5.41) is 3.40. The van der Waals surface area contributed by atoms with Crippen LogP contribution in [0.2, 0.25) is 0 Å². The topological polar surface area (TPSA) is 37.8 Å². The van der Waals surface area contributed by atoms with Crippen LogP contribution in [0.5, 0.6) is 0 Å². The van der Waals surface area contributed by atoms with Crippen molar-refractivity contribution in [1.29, 1.82) is 0 Å². The first-order valence-electron chi connectivity index (χ1n) is 5.74. The number of nitrogens with zero attached hydrogens (tertiary/aromatic N) is 2. The minimum atomic E-state index is 0.500. The molecule has 1 aliphatic carbocycles. The molecule has 2 rings (SSSR count). The molecule has 1 aliphatic rings. The lowest BCUT2D eigenvalue weighted by molar-refractivity contribution is 0.284. The quantitative estimate of drug-likeness (QED) is 0.824. The Hall–Kier alpha value is -1.12. The summed E-state index contributed by atoms with van der Waals surface area (Å²) < 4.78 is 0. The second-order valence-corrected chi connectivity index (χ2v) is 4.60. The van der Waals surface area contributed by atoms with Crippen LogP contribution in [-0.4, -0.2) is 16.0 Å². The van der Waals surface area contributed by atoms with Gasteiger partial charge in [0.2, 0.25) is 5.95 Å². The highest BCUT2D eigenvalue weighted by atomic mass is 15.1. The molecule has 0 radical (unpaired) electrons. The van der Waals surface area contributed by atoms with E-state index in [1.807, 2.05) is 19.9 Å². The molecular formula is C12H19N3. The van der Waals surface area contributed by atoms with Gasteiger partial charge in [-0.1, -0.05) is 6.42 Å². The predicted molar refractivity (Wildman–Crippen MR) is 61.9 cm³/mol. The molecule has 3 heteroatoms. The van der Waals surface area contributed by atoms with Gasteiger partial charge in [0.05, 0.1) is 0 Å². The zero-order valence-corrected chi connectivity index (χ0v) is 9.75. The molecule has 1 atom stereocenters. The number of hydrogen-bond acceptors (Lipinski definition) is 3. The molecule has 0 amide bonds. The largest absolute Gasteiger partial charge is 0.351 e. The number of anilines is 1. The van der Waals surface area contributed by atoms with Gasteiger partial charge in [0.1, 0.15) is 0 Å². The van der Waals surface area contributed by atoms with E-state index in [0.717, 1.165) is 23.3 Å². The molecule has 0 spiro atoms. The van der Waals surface area contributed by atoms with E-state index in [0.29, 0.717) is 6.04 Å². The number of aryl methyl sites for hydroxylation is 2. The number of rotatable bonds is 3. The van der Waals surface area contributed by atoms with E-state index in [9.17, 15) is 0 Å². The van der Waals surface area contributed by atoms with Crippen LogP contribution >= 0.6 is 0 Å². The van der Waals surface area contributed by atoms with E-state index in [4.69, 9.17) is 0 Å². The summed E-state index contributed by atoms with van der Waals surface area (Å²) >= 11 is 0. The van der Waals surface area contributed by atoms with E-state index < -0.39 is 0 Å². The van der Waals surface area contributed by atoms with Gasteiger partial charge in [0.25, 0.3) is 0 Å². The summed E-state index contributed by atoms with van der Waals surface area (Å²) in [7, 11) is 0. The Morgan fingerprint density at radius 3 is 2.33 bits per heavy atom. The van der Waals surface area contributed by atoms with Gasteiger partial charge < -0.3 is 5.32 Å². The molecule has 0 bridgehead atoms. The highest BCUT2D eigenvalue weighted by molar-refractivity contribution is 5.29. The van der Waals surface area contributed by atoms with Crippen molar-refractivity contribution in [3.63, 3.8) is 0 Å². The normalized spacial score (nSPS) is 18.3. The van der Waals surface area contributed by atoms with Crippen LogP contribution in [0.3, 0.4) is 0 Å². The molecule has 1 aromatic heterocycles. The predicted octanol–water partition coefficient (Wildman–Crippen LogP) is 2.69. The van der Waals surface area contributed by atoms with Crippen LogP contribution in [0, 0.1) is 19.8 Å². The molecule has 82 valence electrons. The second-order valence-electron chi connectivity index (χ2n) is 4.60. The fraction of sp³-hybridized carbons (Fsp3) is 0.667. The second kappa shape index (κ2) is 4.17. The lowest BCUT2D eigenvalue weighted by Gasteiger charge is -2.31. The van der Waals surface area contributed by atoms with Crippen molar-refractivity contribution in [3.8, 4) is 0 Å². The Balaban J connectivity index is 2.02. The lowest BCUT2D eigenvalue weighted by Crippen LogP contribution is -2.31. The average Bonchev–Trinajstić information content (AvgIpc) is 1.96. The van der Waals surface area contributed by atoms with E-state index in [1.54, 1.807) is 0 Å². The van der Waals surface area contributed by atoms with Crippen LogP contribution in [0.15, 0.2) is 6.07 Å². The Morgan fingerprint density at radius 1 is 1.27 bits per heavy atom. The van der Waals surface area contributed by atoms with Crippen molar-refractivity contribution in [1.82, 2.24) is 9.97 Å². The van der Waals surface area contributed by atoms with Gasteiger partial charge in [-0.15, -0.1) is 0 Å². The smallest absolute Gasteiger partial charge is 0.223 e. The first-order chi connectivity index (χ1) is 7.15. The fourth-order valence-corrected chi connectivity index (χ4v) is 2.05. The number of nitrogens with one attached hydrogen (secondary N) is 1. The zero-order valence-electron chi connectivity index (χ0n) is 9.75. The molecule has 0 aliphatic heterocycles. The van der Waals surface area contributed by atoms with E-state index in [-0.39, 0.29) is 0 Å². The Labute approximate surface area is 91.3 Å². The van der Waals surface area contributed by atoms with Gasteiger partial charge in [-0.05, 0) is 45.6 Å². The Morgan fingerprint density at radius 2 is 1.87 bits per heavy atom. The SMILES string of the molecule is Cc1cc(C)nc(NC(C)C2CCC2)n1. The maximum Gasteiger partial charge on any atom is 0.223 e. The molecule has 0 aromatic carbocycles. The van der Waals surface area contributed by atoms with Crippen LogP contribution < -0.4 is 5.32 Å². The highest BCUT2D eigenvalue weighted by Gasteiger charge is 2.24. The zero-order chi connectivity index (χ0) is 10.8. The Kier molecular flexibility index (Phi) is 2.89. The monoisotopic (exact) mass is 205 g/mol. The van der Waals surface area contributed by atoms with Gasteiger partial charge in [-0.3, -0.25) is 0 Å². The highest BCUT2D eigenvalue weighted by Crippen LogP contribution is 2.30. The molecule has 3 nitrogen and oxygen atoms in total. The molecule has 1 aromatic rings. The molecular weight excluding hydrogens is 186 g/mol. The maximum atomic E-state index is 4.39. The van der Waals surface area contributed by atoms with Crippen LogP contribution in [0.1, 0.15) is 37.6 Å². The summed E-state index contributed by atoms with van der Waals surface area (Å²) in [6.45, 7) is 6.24. The third kappa shape index (κ3) is 2.46. The summed E-state index contributed by atoms with van der Waals surface area (Å²) in [6, 6.07) is 2.50. The minimum absolute atomic E-state index is 0.500. The van der Waals surface area contributed by atoms with Crippen molar-refractivity contribution < 1.29 is 0 Å². The minimum Gasteiger partial charge on any atom is -0.351 e. The van der Waals surface area contributed by atoms with Crippen LogP contribution in [0.4, 0.5) is 5.95 Å². The number of aromatic nitrogens is 2. The lowest BCUT2D eigenvalue weighted by atomic mass is 9.80. The van der Waals surface area contributed by atoms with Gasteiger partial charge in [-0.25, -0.2) is 9.97 Å².